The SMILES string of the molecule is Cc1cc(I)ccc1NC(C)c1cc(F)cc(F)c1. The van der Waals surface area contributed by atoms with Crippen LogP contribution < -0.4 is 5.32 Å². The molecule has 1 N–H and O–H groups in total. The highest BCUT2D eigenvalue weighted by atomic mass is 127. The molecule has 0 saturated heterocycles. The Labute approximate surface area is 125 Å². The fourth-order valence-corrected chi connectivity index (χ4v) is 2.58. The van der Waals surface area contributed by atoms with E-state index in [4.69, 9.17) is 0 Å². The molecule has 0 radical (unpaired) electrons. The molecule has 0 amide bonds. The van der Waals surface area contributed by atoms with Crippen LogP contribution >= 0.6 is 22.6 Å². The standard InChI is InChI=1S/C15H14F2IN/c1-9-5-14(18)3-4-15(9)19-10(2)11-6-12(16)8-13(17)7-11/h3-8,10,19H,1-2H3. The van der Waals surface area contributed by atoms with Crippen molar-refractivity contribution >= 4 is 28.3 Å². The van der Waals surface area contributed by atoms with Gasteiger partial charge in [-0.1, -0.05) is 0 Å². The molecule has 2 aromatic carbocycles. The minimum Gasteiger partial charge on any atom is -0.378 e. The zero-order valence-corrected chi connectivity index (χ0v) is 12.8. The van der Waals surface area contributed by atoms with Crippen LogP contribution in [-0.4, -0.2) is 0 Å². The van der Waals surface area contributed by atoms with Gasteiger partial charge in [-0.2, -0.15) is 0 Å². The Bertz CT molecular complexity index is 578. The summed E-state index contributed by atoms with van der Waals surface area (Å²) >= 11 is 2.25. The van der Waals surface area contributed by atoms with Gasteiger partial charge in [0.15, 0.2) is 0 Å². The van der Waals surface area contributed by atoms with Crippen LogP contribution in [0.25, 0.3) is 0 Å². The van der Waals surface area contributed by atoms with E-state index >= 15 is 0 Å². The zero-order valence-electron chi connectivity index (χ0n) is 10.7. The van der Waals surface area contributed by atoms with Crippen LogP contribution in [0.5, 0.6) is 0 Å². The lowest BCUT2D eigenvalue weighted by molar-refractivity contribution is 0.577. The molecule has 1 unspecified atom stereocenters. The minimum absolute atomic E-state index is 0.163. The monoisotopic (exact) mass is 373 g/mol. The van der Waals surface area contributed by atoms with Crippen LogP contribution in [0, 0.1) is 22.1 Å². The van der Waals surface area contributed by atoms with Crippen LogP contribution in [0.1, 0.15) is 24.1 Å². The molecule has 4 heteroatoms. The third-order valence-electron chi connectivity index (χ3n) is 2.95. The summed E-state index contributed by atoms with van der Waals surface area (Å²) in [5.74, 6) is -1.11. The predicted octanol–water partition coefficient (Wildman–Crippen LogP) is 5.05. The van der Waals surface area contributed by atoms with Crippen molar-refractivity contribution in [3.8, 4) is 0 Å². The molecule has 0 spiro atoms. The van der Waals surface area contributed by atoms with Crippen LogP contribution in [0.3, 0.4) is 0 Å². The quantitative estimate of drug-likeness (QED) is 0.743. The molecule has 100 valence electrons. The Balaban J connectivity index is 2.22. The molecule has 0 aliphatic rings. The lowest BCUT2D eigenvalue weighted by Gasteiger charge is -2.18. The topological polar surface area (TPSA) is 12.0 Å². The summed E-state index contributed by atoms with van der Waals surface area (Å²) in [6, 6.07) is 9.45. The van der Waals surface area contributed by atoms with Crippen molar-refractivity contribution in [2.45, 2.75) is 19.9 Å². The van der Waals surface area contributed by atoms with E-state index in [1.54, 1.807) is 0 Å². The normalized spacial score (nSPS) is 12.3. The Kier molecular flexibility index (Phi) is 4.39. The lowest BCUT2D eigenvalue weighted by atomic mass is 10.1. The summed E-state index contributed by atoms with van der Waals surface area (Å²) in [5, 5.41) is 3.27. The molecule has 0 heterocycles. The number of hydrogen-bond acceptors (Lipinski definition) is 1. The van der Waals surface area contributed by atoms with Crippen molar-refractivity contribution < 1.29 is 8.78 Å². The van der Waals surface area contributed by atoms with Gasteiger partial charge in [0.05, 0.1) is 0 Å². The van der Waals surface area contributed by atoms with E-state index in [0.717, 1.165) is 20.9 Å². The number of halogens is 3. The van der Waals surface area contributed by atoms with E-state index in [0.29, 0.717) is 5.56 Å². The molecule has 2 aromatic rings. The molecule has 19 heavy (non-hydrogen) atoms. The first-order chi connectivity index (χ1) is 8.95. The van der Waals surface area contributed by atoms with Crippen molar-refractivity contribution in [1.29, 1.82) is 0 Å². The van der Waals surface area contributed by atoms with Gasteiger partial charge in [-0.05, 0) is 77.9 Å². The van der Waals surface area contributed by atoms with Gasteiger partial charge in [-0.15, -0.1) is 0 Å². The Hall–Kier alpha value is -1.17. The number of benzene rings is 2. The Morgan fingerprint density at radius 3 is 2.26 bits per heavy atom. The molecule has 0 aliphatic heterocycles. The van der Waals surface area contributed by atoms with Crippen molar-refractivity contribution in [2.24, 2.45) is 0 Å². The van der Waals surface area contributed by atoms with Crippen LogP contribution in [0.4, 0.5) is 14.5 Å². The number of anilines is 1. The van der Waals surface area contributed by atoms with Crippen molar-refractivity contribution in [1.82, 2.24) is 0 Å². The number of aryl methyl sites for hydroxylation is 1. The van der Waals surface area contributed by atoms with E-state index < -0.39 is 11.6 Å². The maximum Gasteiger partial charge on any atom is 0.126 e. The summed E-state index contributed by atoms with van der Waals surface area (Å²) in [4.78, 5) is 0. The third kappa shape index (κ3) is 3.65. The minimum atomic E-state index is -0.553. The summed E-state index contributed by atoms with van der Waals surface area (Å²) < 4.78 is 27.5. The van der Waals surface area contributed by atoms with Crippen molar-refractivity contribution in [3.63, 3.8) is 0 Å². The molecule has 2 rings (SSSR count). The van der Waals surface area contributed by atoms with E-state index in [1.807, 2.05) is 26.0 Å². The first kappa shape index (κ1) is 14.2. The highest BCUT2D eigenvalue weighted by molar-refractivity contribution is 14.1. The van der Waals surface area contributed by atoms with Gasteiger partial charge in [-0.3, -0.25) is 0 Å². The van der Waals surface area contributed by atoms with Gasteiger partial charge in [-0.25, -0.2) is 8.78 Å². The van der Waals surface area contributed by atoms with Crippen LogP contribution in [0.15, 0.2) is 36.4 Å². The fraction of sp³-hybridized carbons (Fsp3) is 0.200. The molecule has 0 fully saturated rings. The van der Waals surface area contributed by atoms with Gasteiger partial charge in [0, 0.05) is 21.4 Å². The number of nitrogens with one attached hydrogen (secondary N) is 1. The first-order valence-corrected chi connectivity index (χ1v) is 7.02. The van der Waals surface area contributed by atoms with Gasteiger partial charge < -0.3 is 5.32 Å². The van der Waals surface area contributed by atoms with Gasteiger partial charge in [0.2, 0.25) is 0 Å². The number of rotatable bonds is 3. The molecule has 0 bridgehead atoms. The average molecular weight is 373 g/mol. The fourth-order valence-electron chi connectivity index (χ4n) is 1.93. The third-order valence-corrected chi connectivity index (χ3v) is 3.62. The molecular weight excluding hydrogens is 359 g/mol. The molecular formula is C15H14F2IN. The van der Waals surface area contributed by atoms with Gasteiger partial charge in [0.1, 0.15) is 11.6 Å². The lowest BCUT2D eigenvalue weighted by Crippen LogP contribution is -2.08. The summed E-state index contributed by atoms with van der Waals surface area (Å²) in [5.41, 5.74) is 2.67. The second-order valence-corrected chi connectivity index (χ2v) is 5.77. The summed E-state index contributed by atoms with van der Waals surface area (Å²) in [6.07, 6.45) is 0. The smallest absolute Gasteiger partial charge is 0.126 e. The second kappa shape index (κ2) is 5.86. The van der Waals surface area contributed by atoms with E-state index in [9.17, 15) is 8.78 Å². The molecule has 1 nitrogen and oxygen atoms in total. The highest BCUT2D eigenvalue weighted by Gasteiger charge is 2.10. The Morgan fingerprint density at radius 2 is 1.68 bits per heavy atom. The van der Waals surface area contributed by atoms with E-state index in [-0.39, 0.29) is 6.04 Å². The molecule has 1 atom stereocenters. The molecule has 0 aliphatic carbocycles. The van der Waals surface area contributed by atoms with E-state index in [1.165, 1.54) is 12.1 Å². The first-order valence-electron chi connectivity index (χ1n) is 5.94. The average Bonchev–Trinajstić information content (AvgIpc) is 2.31. The second-order valence-electron chi connectivity index (χ2n) is 4.53. The zero-order chi connectivity index (χ0) is 14.0. The van der Waals surface area contributed by atoms with Gasteiger partial charge >= 0.3 is 0 Å². The predicted molar refractivity (Wildman–Crippen MR) is 82.3 cm³/mol. The largest absolute Gasteiger partial charge is 0.378 e. The Morgan fingerprint density at radius 1 is 1.05 bits per heavy atom. The van der Waals surface area contributed by atoms with Crippen LogP contribution in [-0.2, 0) is 0 Å². The van der Waals surface area contributed by atoms with Gasteiger partial charge in [0.25, 0.3) is 0 Å². The highest BCUT2D eigenvalue weighted by Crippen LogP contribution is 2.24. The maximum absolute atomic E-state index is 13.2. The van der Waals surface area contributed by atoms with Crippen molar-refractivity contribution in [2.75, 3.05) is 5.32 Å². The maximum atomic E-state index is 13.2. The number of hydrogen-bond donors (Lipinski definition) is 1. The molecule has 0 saturated carbocycles. The molecule has 0 aromatic heterocycles. The van der Waals surface area contributed by atoms with Crippen molar-refractivity contribution in [3.05, 3.63) is 62.7 Å². The summed E-state index contributed by atoms with van der Waals surface area (Å²) in [7, 11) is 0. The summed E-state index contributed by atoms with van der Waals surface area (Å²) in [6.45, 7) is 3.88. The van der Waals surface area contributed by atoms with Crippen LogP contribution in [0.2, 0.25) is 0 Å². The van der Waals surface area contributed by atoms with E-state index in [2.05, 4.69) is 34.0 Å².